The summed E-state index contributed by atoms with van der Waals surface area (Å²) in [7, 11) is -2.27. The van der Waals surface area contributed by atoms with Crippen LogP contribution in [-0.2, 0) is 10.0 Å². The summed E-state index contributed by atoms with van der Waals surface area (Å²) < 4.78 is 45.4. The molecule has 0 aromatic heterocycles. The lowest BCUT2D eigenvalue weighted by molar-refractivity contribution is 0.0371. The van der Waals surface area contributed by atoms with Gasteiger partial charge < -0.3 is 34.4 Å². The number of ether oxygens (including phenoxy) is 3. The molecule has 0 saturated heterocycles. The second kappa shape index (κ2) is 12.4. The van der Waals surface area contributed by atoms with Crippen LogP contribution < -0.4 is 24.2 Å². The van der Waals surface area contributed by atoms with E-state index in [4.69, 9.17) is 14.2 Å². The van der Waals surface area contributed by atoms with Crippen LogP contribution in [0.4, 0.5) is 16.2 Å². The lowest BCUT2D eigenvalue weighted by Crippen LogP contribution is -2.50. The number of aliphatic hydroxyl groups is 1. The lowest BCUT2D eigenvalue weighted by atomic mass is 9.99. The fraction of sp³-hybridized carbons (Fsp3) is 0.333. The minimum atomic E-state index is -3.90. The molecule has 2 heterocycles. The van der Waals surface area contributed by atoms with Crippen LogP contribution in [0, 0.1) is 5.92 Å². The molecule has 0 fully saturated rings. The third-order valence-corrected chi connectivity index (χ3v) is 8.79. The summed E-state index contributed by atoms with van der Waals surface area (Å²) in [6, 6.07) is 16.6. The predicted octanol–water partition coefficient (Wildman–Crippen LogP) is 3.60. The summed E-state index contributed by atoms with van der Waals surface area (Å²) in [6.07, 6.45) is -0.542. The molecule has 2 aliphatic rings. The molecule has 13 heteroatoms. The molecule has 0 bridgehead atoms. The number of hydrogen-bond donors (Lipinski definition) is 3. The Balaban J connectivity index is 1.38. The summed E-state index contributed by atoms with van der Waals surface area (Å²) >= 11 is 0. The van der Waals surface area contributed by atoms with Gasteiger partial charge in [-0.15, -0.1) is 0 Å². The number of carbonyl (C=O) groups is 2. The molecule has 0 radical (unpaired) electrons. The first-order valence-electron chi connectivity index (χ1n) is 13.8. The van der Waals surface area contributed by atoms with E-state index in [-0.39, 0.29) is 60.3 Å². The van der Waals surface area contributed by atoms with E-state index < -0.39 is 28.1 Å². The van der Waals surface area contributed by atoms with E-state index in [1.807, 2.05) is 6.92 Å². The molecule has 12 nitrogen and oxygen atoms in total. The first kappa shape index (κ1) is 30.0. The van der Waals surface area contributed by atoms with Crippen molar-refractivity contribution in [2.24, 2.45) is 5.92 Å². The number of aliphatic hydroxyl groups excluding tert-OH is 1. The van der Waals surface area contributed by atoms with Crippen molar-refractivity contribution < 1.29 is 37.3 Å². The highest BCUT2D eigenvalue weighted by molar-refractivity contribution is 7.92. The van der Waals surface area contributed by atoms with Crippen molar-refractivity contribution in [3.8, 4) is 17.2 Å². The number of anilines is 2. The van der Waals surface area contributed by atoms with Gasteiger partial charge >= 0.3 is 6.03 Å². The number of fused-ring (bicyclic) bond motifs is 2. The van der Waals surface area contributed by atoms with Crippen LogP contribution >= 0.6 is 0 Å². The van der Waals surface area contributed by atoms with Gasteiger partial charge in [0.25, 0.3) is 15.9 Å². The van der Waals surface area contributed by atoms with Crippen LogP contribution in [0.2, 0.25) is 0 Å². The first-order valence-corrected chi connectivity index (χ1v) is 15.3. The van der Waals surface area contributed by atoms with Crippen molar-refractivity contribution in [3.63, 3.8) is 0 Å². The molecule has 228 valence electrons. The Morgan fingerprint density at radius 2 is 1.74 bits per heavy atom. The van der Waals surface area contributed by atoms with Gasteiger partial charge in [0.2, 0.25) is 6.79 Å². The minimum absolute atomic E-state index is 0.0794. The summed E-state index contributed by atoms with van der Waals surface area (Å²) in [6.45, 7) is 3.91. The normalized spacial score (nSPS) is 18.5. The van der Waals surface area contributed by atoms with Crippen LogP contribution in [0.3, 0.4) is 0 Å². The fourth-order valence-electron chi connectivity index (χ4n) is 4.86. The SMILES string of the molecule is C[C@H]1CN([C@@H](C)CO)C(=O)c2cc(NS(=O)(=O)c3ccccc3)ccc2O[C@H]1CN(C)C(=O)Nc1ccc2c(c1)OCO2. The average Bonchev–Trinajstić information content (AvgIpc) is 3.47. The molecule has 2 aliphatic heterocycles. The van der Waals surface area contributed by atoms with Crippen molar-refractivity contribution in [2.75, 3.05) is 43.6 Å². The minimum Gasteiger partial charge on any atom is -0.487 e. The van der Waals surface area contributed by atoms with E-state index >= 15 is 0 Å². The molecule has 3 aromatic carbocycles. The van der Waals surface area contributed by atoms with Gasteiger partial charge in [-0.05, 0) is 49.4 Å². The third kappa shape index (κ3) is 6.62. The number of hydrogen-bond acceptors (Lipinski definition) is 8. The molecule has 3 amide bonds. The summed E-state index contributed by atoms with van der Waals surface area (Å²) in [5.41, 5.74) is 0.858. The average molecular weight is 611 g/mol. The number of benzene rings is 3. The molecular formula is C30H34N4O8S. The molecule has 3 N–H and O–H groups in total. The maximum atomic E-state index is 13.7. The number of sulfonamides is 1. The number of carbonyl (C=O) groups excluding carboxylic acids is 2. The fourth-order valence-corrected chi connectivity index (χ4v) is 5.93. The van der Waals surface area contributed by atoms with Crippen molar-refractivity contribution in [1.82, 2.24) is 9.80 Å². The molecule has 5 rings (SSSR count). The highest BCUT2D eigenvalue weighted by atomic mass is 32.2. The van der Waals surface area contributed by atoms with Crippen LogP contribution in [0.5, 0.6) is 17.2 Å². The summed E-state index contributed by atoms with van der Waals surface area (Å²) in [5.74, 6) is 0.750. The van der Waals surface area contributed by atoms with Gasteiger partial charge in [0.1, 0.15) is 11.9 Å². The smallest absolute Gasteiger partial charge is 0.321 e. The number of nitrogens with zero attached hydrogens (tertiary/aromatic N) is 2. The van der Waals surface area contributed by atoms with Gasteiger partial charge in [0.05, 0.1) is 29.7 Å². The Bertz CT molecular complexity index is 1600. The van der Waals surface area contributed by atoms with Gasteiger partial charge in [0, 0.05) is 37.0 Å². The lowest BCUT2D eigenvalue weighted by Gasteiger charge is -2.38. The maximum Gasteiger partial charge on any atom is 0.321 e. The number of nitrogens with one attached hydrogen (secondary N) is 2. The van der Waals surface area contributed by atoms with Crippen molar-refractivity contribution in [1.29, 1.82) is 0 Å². The zero-order valence-electron chi connectivity index (χ0n) is 24.0. The van der Waals surface area contributed by atoms with Crippen molar-refractivity contribution in [3.05, 3.63) is 72.3 Å². The second-order valence-electron chi connectivity index (χ2n) is 10.6. The van der Waals surface area contributed by atoms with E-state index in [2.05, 4.69) is 10.0 Å². The first-order chi connectivity index (χ1) is 20.6. The highest BCUT2D eigenvalue weighted by Gasteiger charge is 2.34. The molecule has 0 unspecified atom stereocenters. The maximum absolute atomic E-state index is 13.7. The van der Waals surface area contributed by atoms with E-state index in [1.165, 1.54) is 35.2 Å². The van der Waals surface area contributed by atoms with Gasteiger partial charge in [-0.25, -0.2) is 13.2 Å². The molecular weight excluding hydrogens is 576 g/mol. The summed E-state index contributed by atoms with van der Waals surface area (Å²) in [5, 5.41) is 12.8. The standard InChI is InChI=1S/C30H34N4O8S/c1-19-15-34(20(2)17-35)29(36)24-13-22(32-43(38,39)23-7-5-4-6-8-23)10-11-25(24)42-28(19)16-33(3)30(37)31-21-9-12-26-27(14-21)41-18-40-26/h4-14,19-20,28,32,35H,15-18H2,1-3H3,(H,31,37)/t19-,20-,28-/m0/s1. The number of urea groups is 1. The molecule has 0 spiro atoms. The second-order valence-corrected chi connectivity index (χ2v) is 12.3. The van der Waals surface area contributed by atoms with Gasteiger partial charge in [0.15, 0.2) is 11.5 Å². The van der Waals surface area contributed by atoms with Crippen LogP contribution in [-0.4, -0.2) is 80.9 Å². The number of rotatable bonds is 8. The summed E-state index contributed by atoms with van der Waals surface area (Å²) in [4.78, 5) is 29.9. The Morgan fingerprint density at radius 3 is 2.49 bits per heavy atom. The molecule has 43 heavy (non-hydrogen) atoms. The third-order valence-electron chi connectivity index (χ3n) is 7.39. The Hall–Kier alpha value is -4.49. The van der Waals surface area contributed by atoms with E-state index in [0.717, 1.165) is 0 Å². The van der Waals surface area contributed by atoms with Crippen LogP contribution in [0.15, 0.2) is 71.6 Å². The number of amides is 3. The zero-order chi connectivity index (χ0) is 30.7. The Morgan fingerprint density at radius 1 is 1.05 bits per heavy atom. The molecule has 0 saturated carbocycles. The van der Waals surface area contributed by atoms with E-state index in [0.29, 0.717) is 17.2 Å². The van der Waals surface area contributed by atoms with Crippen molar-refractivity contribution >= 4 is 33.3 Å². The molecule has 3 aromatic rings. The van der Waals surface area contributed by atoms with Gasteiger partial charge in [-0.1, -0.05) is 25.1 Å². The van der Waals surface area contributed by atoms with Crippen LogP contribution in [0.25, 0.3) is 0 Å². The Labute approximate surface area is 250 Å². The monoisotopic (exact) mass is 610 g/mol. The predicted molar refractivity (Wildman–Crippen MR) is 159 cm³/mol. The van der Waals surface area contributed by atoms with Crippen molar-refractivity contribution in [2.45, 2.75) is 30.9 Å². The van der Waals surface area contributed by atoms with E-state index in [1.54, 1.807) is 55.3 Å². The van der Waals surface area contributed by atoms with Crippen LogP contribution in [0.1, 0.15) is 24.2 Å². The topological polar surface area (TPSA) is 147 Å². The van der Waals surface area contributed by atoms with Gasteiger partial charge in [-0.2, -0.15) is 0 Å². The zero-order valence-corrected chi connectivity index (χ0v) is 24.8. The molecule has 0 aliphatic carbocycles. The largest absolute Gasteiger partial charge is 0.487 e. The quantitative estimate of drug-likeness (QED) is 0.351. The Kier molecular flexibility index (Phi) is 8.64. The van der Waals surface area contributed by atoms with Gasteiger partial charge in [-0.3, -0.25) is 9.52 Å². The van der Waals surface area contributed by atoms with E-state index in [9.17, 15) is 23.1 Å². The highest BCUT2D eigenvalue weighted by Crippen LogP contribution is 2.35. The number of likely N-dealkylation sites (N-methyl/N-ethyl adjacent to an activating group) is 1. The molecule has 3 atom stereocenters.